The van der Waals surface area contributed by atoms with Crippen LogP contribution in [0.25, 0.3) is 0 Å². The minimum atomic E-state index is -3.06. The highest BCUT2D eigenvalue weighted by Gasteiger charge is 2.65. The first-order valence-electron chi connectivity index (χ1n) is 15.8. The molecule has 2 heterocycles. The Kier molecular flexibility index (Phi) is 13.7. The van der Waals surface area contributed by atoms with E-state index in [0.717, 1.165) is 29.7 Å². The van der Waals surface area contributed by atoms with E-state index < -0.39 is 27.4 Å². The van der Waals surface area contributed by atoms with Crippen molar-refractivity contribution in [3.05, 3.63) is 28.6 Å². The van der Waals surface area contributed by atoms with Gasteiger partial charge in [-0.25, -0.2) is 18.0 Å². The molecule has 1 fully saturated rings. The summed E-state index contributed by atoms with van der Waals surface area (Å²) in [6.45, 7) is 2.98. The number of hydrogen-bond donors (Lipinski definition) is 2. The zero-order valence-corrected chi connectivity index (χ0v) is 26.0. The van der Waals surface area contributed by atoms with E-state index in [1.807, 2.05) is 0 Å². The number of sulfone groups is 1. The molecule has 0 aromatic carbocycles. The smallest absolute Gasteiger partial charge is 0.407 e. The van der Waals surface area contributed by atoms with Crippen LogP contribution >= 0.6 is 0 Å². The predicted molar refractivity (Wildman–Crippen MR) is 161 cm³/mol. The number of amides is 2. The van der Waals surface area contributed by atoms with E-state index in [-0.39, 0.29) is 24.7 Å². The molecule has 1 aromatic heterocycles. The number of rotatable bonds is 21. The van der Waals surface area contributed by atoms with Gasteiger partial charge in [0.25, 0.3) is 0 Å². The zero-order chi connectivity index (χ0) is 29.6. The molecule has 0 radical (unpaired) electrons. The van der Waals surface area contributed by atoms with E-state index in [2.05, 4.69) is 27.3 Å². The highest BCUT2D eigenvalue weighted by atomic mass is 32.2. The van der Waals surface area contributed by atoms with Crippen molar-refractivity contribution >= 4 is 22.0 Å². The number of nitrogens with one attached hydrogen (secondary N) is 2. The second kappa shape index (κ2) is 16.9. The van der Waals surface area contributed by atoms with Gasteiger partial charge in [0.1, 0.15) is 6.61 Å². The minimum Gasteiger partial charge on any atom is -0.453 e. The highest BCUT2D eigenvalue weighted by molar-refractivity contribution is 7.93. The van der Waals surface area contributed by atoms with E-state index in [1.54, 1.807) is 6.20 Å². The van der Waals surface area contributed by atoms with Crippen molar-refractivity contribution in [1.29, 1.82) is 0 Å². The van der Waals surface area contributed by atoms with Gasteiger partial charge in [0.05, 0.1) is 29.7 Å². The standard InChI is InChI=1S/C31H51N3O6S/c1-3-4-5-6-7-8-9-10-11-12-13-14-15-16-17-18-19-32-30(36)40-22-25-20-33-28-27(26(25)21-34-29(35)39-2)31(28)23-41(37,38)24-31/h20H,3-19,21-24H2,1-2H3,(H,32,36)(H,34,35). The molecule has 9 nitrogen and oxygen atoms in total. The van der Waals surface area contributed by atoms with Gasteiger partial charge in [-0.1, -0.05) is 103 Å². The van der Waals surface area contributed by atoms with Gasteiger partial charge in [-0.15, -0.1) is 0 Å². The molecule has 2 aliphatic rings. The second-order valence-electron chi connectivity index (χ2n) is 11.8. The number of ether oxygens (including phenoxy) is 2. The molecule has 2 amide bonds. The molecule has 1 aliphatic heterocycles. The first kappa shape index (κ1) is 33.1. The maximum atomic E-state index is 12.3. The summed E-state index contributed by atoms with van der Waals surface area (Å²) in [5, 5.41) is 5.46. The van der Waals surface area contributed by atoms with Crippen molar-refractivity contribution in [2.24, 2.45) is 0 Å². The third-order valence-corrected chi connectivity index (χ3v) is 10.2. The normalized spacial score (nSPS) is 15.6. The van der Waals surface area contributed by atoms with E-state index in [9.17, 15) is 18.0 Å². The summed E-state index contributed by atoms with van der Waals surface area (Å²) in [6, 6.07) is 0. The molecular weight excluding hydrogens is 542 g/mol. The Hall–Kier alpha value is -2.36. The lowest BCUT2D eigenvalue weighted by molar-refractivity contribution is 0.139. The van der Waals surface area contributed by atoms with Gasteiger partial charge >= 0.3 is 12.2 Å². The molecule has 1 spiro atoms. The van der Waals surface area contributed by atoms with Crippen molar-refractivity contribution in [3.8, 4) is 0 Å². The fourth-order valence-corrected chi connectivity index (χ4v) is 7.93. The number of fused-ring (bicyclic) bond motifs is 3. The third-order valence-electron chi connectivity index (χ3n) is 8.33. The molecule has 41 heavy (non-hydrogen) atoms. The number of carbonyl (C=O) groups excluding carboxylic acids is 2. The number of pyridine rings is 1. The van der Waals surface area contributed by atoms with Crippen LogP contribution < -0.4 is 10.6 Å². The highest BCUT2D eigenvalue weighted by Crippen LogP contribution is 2.58. The molecule has 0 unspecified atom stereocenters. The number of unbranched alkanes of at least 4 members (excludes halogenated alkanes) is 15. The van der Waals surface area contributed by atoms with Gasteiger partial charge in [-0.3, -0.25) is 4.98 Å². The van der Waals surface area contributed by atoms with Crippen molar-refractivity contribution in [2.45, 2.75) is 128 Å². The molecule has 3 rings (SSSR count). The van der Waals surface area contributed by atoms with Gasteiger partial charge in [-0.2, -0.15) is 0 Å². The number of hydrogen-bond acceptors (Lipinski definition) is 7. The fraction of sp³-hybridized carbons (Fsp3) is 0.774. The third kappa shape index (κ3) is 10.5. The minimum absolute atomic E-state index is 0.00785. The average Bonchev–Trinajstić information content (AvgIpc) is 3.58. The molecule has 2 N–H and O–H groups in total. The lowest BCUT2D eigenvalue weighted by atomic mass is 10.0. The molecule has 0 atom stereocenters. The van der Waals surface area contributed by atoms with Gasteiger partial charge in [0.2, 0.25) is 0 Å². The summed E-state index contributed by atoms with van der Waals surface area (Å²) in [5.41, 5.74) is 2.46. The quantitative estimate of drug-likeness (QED) is 0.157. The number of methoxy groups -OCH3 is 1. The van der Waals surface area contributed by atoms with Crippen LogP contribution in [0.2, 0.25) is 0 Å². The van der Waals surface area contributed by atoms with Crippen molar-refractivity contribution < 1.29 is 27.5 Å². The van der Waals surface area contributed by atoms with Gasteiger partial charge < -0.3 is 20.1 Å². The number of nitrogens with zero attached hydrogens (tertiary/aromatic N) is 1. The van der Waals surface area contributed by atoms with E-state index in [1.165, 1.54) is 97.0 Å². The maximum absolute atomic E-state index is 12.3. The Labute approximate surface area is 246 Å². The lowest BCUT2D eigenvalue weighted by Crippen LogP contribution is -2.43. The van der Waals surface area contributed by atoms with Crippen LogP contribution in [0.5, 0.6) is 0 Å². The summed E-state index contributed by atoms with van der Waals surface area (Å²) in [4.78, 5) is 28.3. The van der Waals surface area contributed by atoms with Crippen LogP contribution in [0, 0.1) is 0 Å². The number of aromatic nitrogens is 1. The van der Waals surface area contributed by atoms with Crippen LogP contribution in [-0.4, -0.2) is 50.7 Å². The van der Waals surface area contributed by atoms with Crippen LogP contribution in [-0.2, 0) is 37.9 Å². The van der Waals surface area contributed by atoms with E-state index in [0.29, 0.717) is 12.1 Å². The first-order valence-corrected chi connectivity index (χ1v) is 17.6. The van der Waals surface area contributed by atoms with Gasteiger partial charge in [0.15, 0.2) is 9.84 Å². The molecule has 0 bridgehead atoms. The lowest BCUT2D eigenvalue weighted by Gasteiger charge is -2.25. The molecule has 1 saturated heterocycles. The van der Waals surface area contributed by atoms with Crippen LogP contribution in [0.1, 0.15) is 132 Å². The topological polar surface area (TPSA) is 124 Å². The zero-order valence-electron chi connectivity index (χ0n) is 25.2. The van der Waals surface area contributed by atoms with Crippen molar-refractivity contribution in [3.63, 3.8) is 0 Å². The largest absolute Gasteiger partial charge is 0.453 e. The van der Waals surface area contributed by atoms with Gasteiger partial charge in [-0.05, 0) is 17.5 Å². The Morgan fingerprint density at radius 2 is 1.37 bits per heavy atom. The van der Waals surface area contributed by atoms with Crippen LogP contribution in [0.15, 0.2) is 6.20 Å². The number of alkyl carbamates (subject to hydrolysis) is 2. The number of carbonyl (C=O) groups is 2. The summed E-state index contributed by atoms with van der Waals surface area (Å²) in [5.74, 6) is 0.0787. The molecule has 1 aromatic rings. The summed E-state index contributed by atoms with van der Waals surface area (Å²) < 4.78 is 33.7. The Morgan fingerprint density at radius 3 is 1.88 bits per heavy atom. The first-order chi connectivity index (χ1) is 19.8. The van der Waals surface area contributed by atoms with Crippen LogP contribution in [0.4, 0.5) is 9.59 Å². The van der Waals surface area contributed by atoms with E-state index in [4.69, 9.17) is 4.74 Å². The summed E-state index contributed by atoms with van der Waals surface area (Å²) in [7, 11) is -1.78. The van der Waals surface area contributed by atoms with E-state index >= 15 is 0 Å². The Morgan fingerprint density at radius 1 is 0.829 bits per heavy atom. The summed E-state index contributed by atoms with van der Waals surface area (Å²) >= 11 is 0. The monoisotopic (exact) mass is 593 g/mol. The molecule has 1 aliphatic carbocycles. The Bertz CT molecular complexity index is 1080. The summed E-state index contributed by atoms with van der Waals surface area (Å²) in [6.07, 6.45) is 21.4. The fourth-order valence-electron chi connectivity index (χ4n) is 5.95. The van der Waals surface area contributed by atoms with Crippen molar-refractivity contribution in [2.75, 3.05) is 25.2 Å². The Balaban J connectivity index is 1.22. The predicted octanol–water partition coefficient (Wildman–Crippen LogP) is 6.45. The average molecular weight is 594 g/mol. The SMILES string of the molecule is CCCCCCCCCCCCCCCCCCNC(=O)OCc1cnc2c(c1CNC(=O)OC)C21CS(=O)(=O)C1. The molecule has 232 valence electrons. The van der Waals surface area contributed by atoms with Crippen LogP contribution in [0.3, 0.4) is 0 Å². The van der Waals surface area contributed by atoms with Gasteiger partial charge in [0, 0.05) is 24.8 Å². The maximum Gasteiger partial charge on any atom is 0.407 e. The molecular formula is C31H51N3O6S. The second-order valence-corrected chi connectivity index (χ2v) is 13.8. The molecule has 10 heteroatoms. The van der Waals surface area contributed by atoms with Crippen molar-refractivity contribution in [1.82, 2.24) is 15.6 Å². The molecule has 0 saturated carbocycles.